The lowest BCUT2D eigenvalue weighted by Crippen LogP contribution is -2.41. The van der Waals surface area contributed by atoms with Gasteiger partial charge in [0.25, 0.3) is 0 Å². The van der Waals surface area contributed by atoms with E-state index in [1.807, 2.05) is 18.2 Å². The lowest BCUT2D eigenvalue weighted by molar-refractivity contribution is 0.219. The summed E-state index contributed by atoms with van der Waals surface area (Å²) in [6.45, 7) is 0.851. The Morgan fingerprint density at radius 3 is 2.95 bits per heavy atom. The Bertz CT molecular complexity index is 484. The van der Waals surface area contributed by atoms with Crippen molar-refractivity contribution >= 4 is 22.4 Å². The molecule has 104 valence electrons. The summed E-state index contributed by atoms with van der Waals surface area (Å²) in [5.74, 6) is 2.62. The molecule has 19 heavy (non-hydrogen) atoms. The van der Waals surface area contributed by atoms with E-state index in [9.17, 15) is 4.21 Å². The molecule has 2 heterocycles. The molecule has 0 spiro atoms. The lowest BCUT2D eigenvalue weighted by Gasteiger charge is -2.24. The second-order valence-corrected chi connectivity index (χ2v) is 7.36. The molecular weight excluding hydrogens is 282 g/mol. The number of fused-ring (bicyclic) bond motifs is 1. The Hall–Kier alpha value is -0.580. The zero-order valence-electron chi connectivity index (χ0n) is 10.7. The number of hydrogen-bond acceptors (Lipinski definition) is 3. The summed E-state index contributed by atoms with van der Waals surface area (Å²) < 4.78 is 17.2. The molecule has 5 heteroatoms. The fourth-order valence-corrected chi connectivity index (χ4v) is 4.19. The highest BCUT2D eigenvalue weighted by molar-refractivity contribution is 7.85. The highest BCUT2D eigenvalue weighted by atomic mass is 35.5. The summed E-state index contributed by atoms with van der Waals surface area (Å²) in [5, 5.41) is 4.31. The molecule has 0 aromatic heterocycles. The van der Waals surface area contributed by atoms with Crippen LogP contribution in [0, 0.1) is 0 Å². The Labute approximate surface area is 121 Å². The van der Waals surface area contributed by atoms with Crippen LogP contribution in [0.3, 0.4) is 0 Å². The van der Waals surface area contributed by atoms with Gasteiger partial charge in [-0.3, -0.25) is 4.21 Å². The topological polar surface area (TPSA) is 38.3 Å². The van der Waals surface area contributed by atoms with E-state index in [0.717, 1.165) is 48.1 Å². The number of benzene rings is 1. The van der Waals surface area contributed by atoms with Crippen LogP contribution in [0.4, 0.5) is 0 Å². The van der Waals surface area contributed by atoms with Gasteiger partial charge in [0.1, 0.15) is 11.9 Å². The molecule has 3 nitrogen and oxygen atoms in total. The number of nitrogens with one attached hydrogen (secondary N) is 1. The average molecular weight is 300 g/mol. The number of halogens is 1. The first-order chi connectivity index (χ1) is 9.20. The van der Waals surface area contributed by atoms with E-state index in [2.05, 4.69) is 5.32 Å². The molecule has 2 aliphatic rings. The molecule has 1 unspecified atom stereocenters. The molecule has 0 saturated carbocycles. The molecule has 1 N–H and O–H groups in total. The SMILES string of the molecule is O=S1CCC(NCC2Cc3cc(Cl)ccc3O2)CC1. The smallest absolute Gasteiger partial charge is 0.123 e. The van der Waals surface area contributed by atoms with Gasteiger partial charge in [0, 0.05) is 46.3 Å². The van der Waals surface area contributed by atoms with E-state index >= 15 is 0 Å². The summed E-state index contributed by atoms with van der Waals surface area (Å²) in [4.78, 5) is 0. The Morgan fingerprint density at radius 2 is 2.16 bits per heavy atom. The highest BCUT2D eigenvalue weighted by Gasteiger charge is 2.24. The van der Waals surface area contributed by atoms with Gasteiger partial charge in [-0.25, -0.2) is 0 Å². The van der Waals surface area contributed by atoms with E-state index in [1.165, 1.54) is 5.56 Å². The van der Waals surface area contributed by atoms with Gasteiger partial charge in [0.15, 0.2) is 0 Å². The van der Waals surface area contributed by atoms with Crippen LogP contribution in [0.1, 0.15) is 18.4 Å². The largest absolute Gasteiger partial charge is 0.488 e. The molecule has 0 bridgehead atoms. The maximum absolute atomic E-state index is 11.3. The molecular formula is C14H18ClNO2S. The van der Waals surface area contributed by atoms with Crippen LogP contribution >= 0.6 is 11.6 Å². The minimum absolute atomic E-state index is 0.195. The van der Waals surface area contributed by atoms with Gasteiger partial charge in [0.05, 0.1) is 0 Å². The third-order valence-corrected chi connectivity index (χ3v) is 5.40. The molecule has 3 rings (SSSR count). The standard InChI is InChI=1S/C14H18ClNO2S/c15-11-1-2-14-10(7-11)8-13(18-14)9-16-12-3-5-19(17)6-4-12/h1-2,7,12-13,16H,3-6,8-9H2. The molecule has 1 aromatic carbocycles. The molecule has 1 saturated heterocycles. The van der Waals surface area contributed by atoms with Crippen molar-refractivity contribution in [1.82, 2.24) is 5.32 Å². The number of rotatable bonds is 3. The molecule has 1 fully saturated rings. The van der Waals surface area contributed by atoms with Crippen molar-refractivity contribution in [2.45, 2.75) is 31.4 Å². The second kappa shape index (κ2) is 5.81. The van der Waals surface area contributed by atoms with Crippen molar-refractivity contribution in [3.8, 4) is 5.75 Å². The third-order valence-electron chi connectivity index (χ3n) is 3.79. The van der Waals surface area contributed by atoms with Gasteiger partial charge < -0.3 is 10.1 Å². The van der Waals surface area contributed by atoms with Gasteiger partial charge in [-0.15, -0.1) is 0 Å². The van der Waals surface area contributed by atoms with Gasteiger partial charge in [-0.2, -0.15) is 0 Å². The van der Waals surface area contributed by atoms with E-state index in [0.29, 0.717) is 6.04 Å². The zero-order chi connectivity index (χ0) is 13.2. The normalized spacial score (nSPS) is 29.8. The molecule has 1 atom stereocenters. The van der Waals surface area contributed by atoms with Crippen LogP contribution in [0.15, 0.2) is 18.2 Å². The van der Waals surface area contributed by atoms with Crippen LogP contribution in [-0.4, -0.2) is 34.4 Å². The predicted molar refractivity (Wildman–Crippen MR) is 78.5 cm³/mol. The van der Waals surface area contributed by atoms with Crippen molar-refractivity contribution in [2.75, 3.05) is 18.1 Å². The van der Waals surface area contributed by atoms with Crippen molar-refractivity contribution in [3.05, 3.63) is 28.8 Å². The second-order valence-electron chi connectivity index (χ2n) is 5.23. The van der Waals surface area contributed by atoms with E-state index < -0.39 is 10.8 Å². The fraction of sp³-hybridized carbons (Fsp3) is 0.571. The van der Waals surface area contributed by atoms with Gasteiger partial charge in [-0.05, 0) is 36.6 Å². The average Bonchev–Trinajstić information content (AvgIpc) is 2.80. The van der Waals surface area contributed by atoms with Crippen LogP contribution in [0.5, 0.6) is 5.75 Å². The van der Waals surface area contributed by atoms with Gasteiger partial charge in [0.2, 0.25) is 0 Å². The molecule has 1 aromatic rings. The van der Waals surface area contributed by atoms with E-state index in [4.69, 9.17) is 16.3 Å². The summed E-state index contributed by atoms with van der Waals surface area (Å²) in [7, 11) is -0.588. The Balaban J connectivity index is 1.49. The Kier molecular flexibility index (Phi) is 4.10. The monoisotopic (exact) mass is 299 g/mol. The van der Waals surface area contributed by atoms with E-state index in [-0.39, 0.29) is 6.10 Å². The van der Waals surface area contributed by atoms with E-state index in [1.54, 1.807) is 0 Å². The molecule has 2 aliphatic heterocycles. The summed E-state index contributed by atoms with van der Waals surface area (Å²) in [6.07, 6.45) is 3.14. The number of ether oxygens (including phenoxy) is 1. The highest BCUT2D eigenvalue weighted by Crippen LogP contribution is 2.30. The first kappa shape index (κ1) is 13.4. The van der Waals surface area contributed by atoms with Gasteiger partial charge in [-0.1, -0.05) is 11.6 Å². The Morgan fingerprint density at radius 1 is 1.37 bits per heavy atom. The predicted octanol–water partition coefficient (Wildman–Crippen LogP) is 2.14. The summed E-state index contributed by atoms with van der Waals surface area (Å²) in [5.41, 5.74) is 1.20. The van der Waals surface area contributed by atoms with Crippen LogP contribution in [0.25, 0.3) is 0 Å². The summed E-state index contributed by atoms with van der Waals surface area (Å²) >= 11 is 5.98. The van der Waals surface area contributed by atoms with Crippen molar-refractivity contribution in [1.29, 1.82) is 0 Å². The van der Waals surface area contributed by atoms with Crippen LogP contribution in [0.2, 0.25) is 5.02 Å². The van der Waals surface area contributed by atoms with Crippen molar-refractivity contribution in [3.63, 3.8) is 0 Å². The molecule has 0 radical (unpaired) electrons. The summed E-state index contributed by atoms with van der Waals surface area (Å²) in [6, 6.07) is 6.29. The minimum Gasteiger partial charge on any atom is -0.488 e. The molecule has 0 aliphatic carbocycles. The molecule has 0 amide bonds. The first-order valence-corrected chi connectivity index (χ1v) is 8.61. The van der Waals surface area contributed by atoms with Gasteiger partial charge >= 0.3 is 0 Å². The maximum Gasteiger partial charge on any atom is 0.123 e. The van der Waals surface area contributed by atoms with Crippen LogP contribution < -0.4 is 10.1 Å². The third kappa shape index (κ3) is 3.30. The first-order valence-electron chi connectivity index (χ1n) is 6.74. The lowest BCUT2D eigenvalue weighted by atomic mass is 10.1. The minimum atomic E-state index is -0.588. The van der Waals surface area contributed by atoms with Crippen molar-refractivity contribution < 1.29 is 8.95 Å². The number of hydrogen-bond donors (Lipinski definition) is 1. The quantitative estimate of drug-likeness (QED) is 0.929. The van der Waals surface area contributed by atoms with Crippen LogP contribution in [-0.2, 0) is 17.2 Å². The van der Waals surface area contributed by atoms with Crippen molar-refractivity contribution in [2.24, 2.45) is 0 Å². The fourth-order valence-electron chi connectivity index (χ4n) is 2.70. The zero-order valence-corrected chi connectivity index (χ0v) is 12.3. The maximum atomic E-state index is 11.3.